The number of carbonyl (C=O) groups is 1. The first kappa shape index (κ1) is 13.1. The molecule has 0 aliphatic rings. The fourth-order valence-electron chi connectivity index (χ4n) is 0.554. The fourth-order valence-corrected chi connectivity index (χ4v) is 2.26. The number of hydrogen-bond acceptors (Lipinski definition) is 2. The first-order valence-electron chi connectivity index (χ1n) is 3.96. The molecule has 0 atom stereocenters. The van der Waals surface area contributed by atoms with Gasteiger partial charge in [0.25, 0.3) is 0 Å². The Morgan fingerprint density at radius 3 is 2.43 bits per heavy atom. The molecule has 0 aromatic carbocycles. The van der Waals surface area contributed by atoms with Gasteiger partial charge >= 0.3 is 91.9 Å². The Hall–Kier alpha value is -0.910. The maximum atomic E-state index is 10.6. The van der Waals surface area contributed by atoms with Gasteiger partial charge in [0.05, 0.1) is 0 Å². The minimum absolute atomic E-state index is 0.0362. The van der Waals surface area contributed by atoms with Crippen LogP contribution in [0.15, 0.2) is 38.5 Å². The van der Waals surface area contributed by atoms with Crippen LogP contribution in [0, 0.1) is 0 Å². The molecule has 4 heteroatoms. The van der Waals surface area contributed by atoms with Crippen molar-refractivity contribution in [3.8, 4) is 0 Å². The number of halogens is 1. The van der Waals surface area contributed by atoms with Gasteiger partial charge in [-0.05, 0) is 0 Å². The SMILES string of the molecule is C=CI(C=C)CN=C(N)/C=C/C(C)=O. The van der Waals surface area contributed by atoms with Crippen LogP contribution in [0.5, 0.6) is 0 Å². The Labute approximate surface area is 91.9 Å². The number of nitrogens with two attached hydrogens (primary N) is 1. The van der Waals surface area contributed by atoms with E-state index in [1.54, 1.807) is 0 Å². The summed E-state index contributed by atoms with van der Waals surface area (Å²) in [6.07, 6.45) is 2.92. The predicted molar refractivity (Wildman–Crippen MR) is 70.7 cm³/mol. The van der Waals surface area contributed by atoms with Gasteiger partial charge in [0, 0.05) is 0 Å². The van der Waals surface area contributed by atoms with Gasteiger partial charge in [0.2, 0.25) is 0 Å². The molecule has 0 rings (SSSR count). The van der Waals surface area contributed by atoms with Gasteiger partial charge in [-0.3, -0.25) is 0 Å². The summed E-state index contributed by atoms with van der Waals surface area (Å²) in [6.45, 7) is 8.87. The van der Waals surface area contributed by atoms with Crippen LogP contribution in [0.25, 0.3) is 0 Å². The molecule has 0 amide bonds. The van der Waals surface area contributed by atoms with E-state index in [2.05, 4.69) is 18.2 Å². The normalized spacial score (nSPS) is 12.6. The van der Waals surface area contributed by atoms with Crippen molar-refractivity contribution in [2.24, 2.45) is 10.7 Å². The number of amidine groups is 1. The first-order valence-corrected chi connectivity index (χ1v) is 7.98. The van der Waals surface area contributed by atoms with Crippen molar-refractivity contribution < 1.29 is 4.79 Å². The summed E-state index contributed by atoms with van der Waals surface area (Å²) in [7, 11) is 0. The van der Waals surface area contributed by atoms with E-state index in [1.165, 1.54) is 19.1 Å². The summed E-state index contributed by atoms with van der Waals surface area (Å²) in [4.78, 5) is 14.7. The van der Waals surface area contributed by atoms with E-state index in [9.17, 15) is 4.79 Å². The molecule has 0 bridgehead atoms. The molecular weight excluding hydrogens is 291 g/mol. The number of hydrogen-bond donors (Lipinski definition) is 1. The molecule has 0 fully saturated rings. The molecule has 0 aromatic rings. The van der Waals surface area contributed by atoms with Crippen LogP contribution >= 0.6 is 19.8 Å². The molecule has 0 radical (unpaired) electrons. The summed E-state index contributed by atoms with van der Waals surface area (Å²) in [5.41, 5.74) is 5.55. The summed E-state index contributed by atoms with van der Waals surface area (Å²) in [5, 5.41) is 0. The van der Waals surface area contributed by atoms with E-state index in [-0.39, 0.29) is 5.78 Å². The summed E-state index contributed by atoms with van der Waals surface area (Å²) in [5.74, 6) is 0.345. The average molecular weight is 306 g/mol. The standard InChI is InChI=1S/C10H15IN2O/c1-4-11(5-2)8-13-10(12)7-6-9(3)14/h4-7H,1-2,8H2,3H3,(H2,12,13)/b7-6+. The second kappa shape index (κ2) is 7.49. The third-order valence-electron chi connectivity index (χ3n) is 1.27. The van der Waals surface area contributed by atoms with E-state index in [4.69, 9.17) is 5.73 Å². The molecule has 0 aliphatic heterocycles. The van der Waals surface area contributed by atoms with Gasteiger partial charge in [-0.2, -0.15) is 0 Å². The van der Waals surface area contributed by atoms with E-state index >= 15 is 0 Å². The molecule has 0 saturated carbocycles. The molecular formula is C10H15IN2O. The average Bonchev–Trinajstić information content (AvgIpc) is 2.16. The van der Waals surface area contributed by atoms with Gasteiger partial charge in [-0.15, -0.1) is 0 Å². The van der Waals surface area contributed by atoms with Crippen molar-refractivity contribution in [3.63, 3.8) is 0 Å². The van der Waals surface area contributed by atoms with Gasteiger partial charge < -0.3 is 0 Å². The summed E-state index contributed by atoms with van der Waals surface area (Å²) in [6, 6.07) is 0. The Bertz CT molecular complexity index is 274. The molecule has 3 nitrogen and oxygen atoms in total. The third-order valence-corrected chi connectivity index (χ3v) is 4.66. The quantitative estimate of drug-likeness (QED) is 0.204. The van der Waals surface area contributed by atoms with Gasteiger partial charge in [0.15, 0.2) is 0 Å². The minimum atomic E-state index is -1.32. The van der Waals surface area contributed by atoms with Crippen molar-refractivity contribution in [1.82, 2.24) is 0 Å². The van der Waals surface area contributed by atoms with Crippen LogP contribution < -0.4 is 5.73 Å². The molecule has 0 aliphatic carbocycles. The van der Waals surface area contributed by atoms with Crippen LogP contribution in [0.4, 0.5) is 0 Å². The zero-order valence-electron chi connectivity index (χ0n) is 8.24. The van der Waals surface area contributed by atoms with E-state index < -0.39 is 19.8 Å². The molecule has 0 aromatic heterocycles. The maximum absolute atomic E-state index is 10.6. The Balaban J connectivity index is 4.17. The van der Waals surface area contributed by atoms with Crippen molar-refractivity contribution >= 4 is 31.4 Å². The molecule has 0 heterocycles. The summed E-state index contributed by atoms with van der Waals surface area (Å²) >= 11 is -1.32. The first-order chi connectivity index (χ1) is 6.60. The fraction of sp³-hybridized carbons (Fsp3) is 0.200. The number of nitrogens with zero attached hydrogens (tertiary/aromatic N) is 1. The number of alkyl halides is 1. The number of rotatable bonds is 6. The topological polar surface area (TPSA) is 55.4 Å². The van der Waals surface area contributed by atoms with Crippen LogP contribution in [0.3, 0.4) is 0 Å². The van der Waals surface area contributed by atoms with Gasteiger partial charge in [-0.1, -0.05) is 0 Å². The van der Waals surface area contributed by atoms with Crippen molar-refractivity contribution in [1.29, 1.82) is 0 Å². The number of carbonyl (C=O) groups excluding carboxylic acids is 1. The van der Waals surface area contributed by atoms with Crippen LogP contribution in [-0.4, -0.2) is 16.2 Å². The number of allylic oxidation sites excluding steroid dienone is 1. The molecule has 14 heavy (non-hydrogen) atoms. The summed E-state index contributed by atoms with van der Waals surface area (Å²) < 4.78 is 4.48. The zero-order valence-corrected chi connectivity index (χ0v) is 10.4. The van der Waals surface area contributed by atoms with Gasteiger partial charge in [-0.25, -0.2) is 0 Å². The Kier molecular flexibility index (Phi) is 7.00. The molecule has 0 saturated heterocycles. The monoisotopic (exact) mass is 306 g/mol. The Morgan fingerprint density at radius 1 is 1.43 bits per heavy atom. The Morgan fingerprint density at radius 2 is 2.00 bits per heavy atom. The molecule has 78 valence electrons. The zero-order chi connectivity index (χ0) is 11.0. The van der Waals surface area contributed by atoms with Crippen molar-refractivity contribution in [3.05, 3.63) is 33.5 Å². The van der Waals surface area contributed by atoms with Crippen LogP contribution in [0.1, 0.15) is 6.92 Å². The second-order valence-electron chi connectivity index (χ2n) is 2.39. The van der Waals surface area contributed by atoms with E-state index in [1.807, 2.05) is 8.17 Å². The van der Waals surface area contributed by atoms with E-state index in [0.717, 1.165) is 0 Å². The van der Waals surface area contributed by atoms with Gasteiger partial charge in [0.1, 0.15) is 0 Å². The second-order valence-corrected chi connectivity index (χ2v) is 7.31. The molecule has 0 spiro atoms. The van der Waals surface area contributed by atoms with E-state index in [0.29, 0.717) is 10.4 Å². The molecule has 2 N–H and O–H groups in total. The van der Waals surface area contributed by atoms with Crippen LogP contribution in [0.2, 0.25) is 0 Å². The van der Waals surface area contributed by atoms with Crippen molar-refractivity contribution in [2.45, 2.75) is 6.92 Å². The third kappa shape index (κ3) is 6.59. The van der Waals surface area contributed by atoms with Crippen LogP contribution in [-0.2, 0) is 4.79 Å². The number of ketones is 1. The predicted octanol–water partition coefficient (Wildman–Crippen LogP) is 2.24. The van der Waals surface area contributed by atoms with Crippen molar-refractivity contribution in [2.75, 3.05) is 4.55 Å². The number of aliphatic imine (C=N–C) groups is 1. The molecule has 0 unspecified atom stereocenters.